The van der Waals surface area contributed by atoms with Crippen LogP contribution in [0.2, 0.25) is 5.02 Å². The van der Waals surface area contributed by atoms with Crippen LogP contribution in [0.15, 0.2) is 30.3 Å². The Morgan fingerprint density at radius 1 is 1.16 bits per heavy atom. The van der Waals surface area contributed by atoms with Crippen LogP contribution < -0.4 is 10.6 Å². The first-order chi connectivity index (χ1) is 15.0. The summed E-state index contributed by atoms with van der Waals surface area (Å²) in [4.78, 5) is 24.5. The molecule has 0 aliphatic carbocycles. The number of carbonyl (C=O) groups excluding carboxylic acids is 1. The van der Waals surface area contributed by atoms with Gasteiger partial charge in [-0.15, -0.1) is 0 Å². The monoisotopic (exact) mass is 462 g/mol. The van der Waals surface area contributed by atoms with Crippen molar-refractivity contribution in [1.82, 2.24) is 10.6 Å². The van der Waals surface area contributed by atoms with Gasteiger partial charge in [0.1, 0.15) is 5.82 Å². The van der Waals surface area contributed by atoms with Crippen molar-refractivity contribution in [2.45, 2.75) is 59.5 Å². The lowest BCUT2D eigenvalue weighted by molar-refractivity contribution is -0.137. The zero-order valence-corrected chi connectivity index (χ0v) is 20.0. The van der Waals surface area contributed by atoms with Gasteiger partial charge in [0, 0.05) is 5.56 Å². The van der Waals surface area contributed by atoms with Gasteiger partial charge < -0.3 is 15.7 Å². The average molecular weight is 463 g/mol. The lowest BCUT2D eigenvalue weighted by Crippen LogP contribution is -2.46. The lowest BCUT2D eigenvalue weighted by Gasteiger charge is -2.25. The smallest absolute Gasteiger partial charge is 0.305 e. The number of halogens is 2. The van der Waals surface area contributed by atoms with E-state index in [0.29, 0.717) is 18.5 Å². The molecule has 0 bridgehead atoms. The van der Waals surface area contributed by atoms with Crippen molar-refractivity contribution >= 4 is 23.5 Å². The molecule has 2 aromatic rings. The minimum atomic E-state index is -1.15. The standard InChI is InChI=1S/C25H32ClFN2O3/c1-6-28-21(10-14(2)3)25(32)29-20(13-22(30)31)18-11-17(12-19(26)24(18)27)23-15(4)8-7-9-16(23)5/h7-9,11-12,14,20-21,28H,6,10,13H2,1-5H3,(H,29,32)(H,30,31)/t20-,21?/m0/s1. The van der Waals surface area contributed by atoms with E-state index in [4.69, 9.17) is 11.6 Å². The highest BCUT2D eigenvalue weighted by atomic mass is 35.5. The Bertz CT molecular complexity index is 958. The van der Waals surface area contributed by atoms with E-state index in [1.165, 1.54) is 6.07 Å². The van der Waals surface area contributed by atoms with E-state index in [2.05, 4.69) is 10.6 Å². The molecule has 0 fully saturated rings. The van der Waals surface area contributed by atoms with E-state index >= 15 is 4.39 Å². The third-order valence-corrected chi connectivity index (χ3v) is 5.65. The molecular weight excluding hydrogens is 431 g/mol. The summed E-state index contributed by atoms with van der Waals surface area (Å²) in [5.74, 6) is -1.98. The largest absolute Gasteiger partial charge is 0.481 e. The van der Waals surface area contributed by atoms with Crippen LogP contribution in [0.4, 0.5) is 4.39 Å². The van der Waals surface area contributed by atoms with Crippen LogP contribution in [-0.2, 0) is 9.59 Å². The Labute approximate surface area is 194 Å². The highest BCUT2D eigenvalue weighted by Crippen LogP contribution is 2.35. The van der Waals surface area contributed by atoms with Gasteiger partial charge in [0.25, 0.3) is 0 Å². The van der Waals surface area contributed by atoms with Crippen LogP contribution >= 0.6 is 11.6 Å². The summed E-state index contributed by atoms with van der Waals surface area (Å²) < 4.78 is 15.1. The molecule has 0 radical (unpaired) electrons. The van der Waals surface area contributed by atoms with Gasteiger partial charge in [0.05, 0.1) is 23.5 Å². The van der Waals surface area contributed by atoms with Crippen molar-refractivity contribution in [3.8, 4) is 11.1 Å². The molecule has 0 aliphatic rings. The van der Waals surface area contributed by atoms with Crippen LogP contribution in [0.1, 0.15) is 56.3 Å². The maximum absolute atomic E-state index is 15.1. The number of hydrogen-bond acceptors (Lipinski definition) is 3. The Morgan fingerprint density at radius 2 is 1.78 bits per heavy atom. The summed E-state index contributed by atoms with van der Waals surface area (Å²) in [6.07, 6.45) is 0.112. The normalized spacial score (nSPS) is 13.1. The van der Waals surface area contributed by atoms with Crippen LogP contribution in [0.25, 0.3) is 11.1 Å². The molecule has 0 saturated carbocycles. The number of benzene rings is 2. The topological polar surface area (TPSA) is 78.4 Å². The Balaban J connectivity index is 2.52. The van der Waals surface area contributed by atoms with Crippen molar-refractivity contribution in [2.24, 2.45) is 5.92 Å². The Hall–Kier alpha value is -2.44. The van der Waals surface area contributed by atoms with Crippen LogP contribution in [0.5, 0.6) is 0 Å². The Morgan fingerprint density at radius 3 is 2.31 bits per heavy atom. The maximum Gasteiger partial charge on any atom is 0.305 e. The molecular formula is C25H32ClFN2O3. The summed E-state index contributed by atoms with van der Waals surface area (Å²) in [5.41, 5.74) is 3.62. The summed E-state index contributed by atoms with van der Waals surface area (Å²) in [6.45, 7) is 10.4. The third-order valence-electron chi connectivity index (χ3n) is 5.37. The van der Waals surface area contributed by atoms with Crippen molar-refractivity contribution < 1.29 is 19.1 Å². The molecule has 2 aromatic carbocycles. The predicted octanol–water partition coefficient (Wildman–Crippen LogP) is 5.42. The quantitative estimate of drug-likeness (QED) is 0.440. The van der Waals surface area contributed by atoms with Crippen LogP contribution in [-0.4, -0.2) is 29.6 Å². The van der Waals surface area contributed by atoms with E-state index < -0.39 is 30.3 Å². The van der Waals surface area contributed by atoms with Gasteiger partial charge in [0.2, 0.25) is 5.91 Å². The maximum atomic E-state index is 15.1. The molecule has 0 saturated heterocycles. The molecule has 1 unspecified atom stereocenters. The van der Waals surface area contributed by atoms with Gasteiger partial charge >= 0.3 is 5.97 Å². The predicted molar refractivity (Wildman–Crippen MR) is 126 cm³/mol. The summed E-state index contributed by atoms with van der Waals surface area (Å²) in [5, 5.41) is 15.2. The first kappa shape index (κ1) is 25.8. The Kier molecular flexibility index (Phi) is 9.22. The summed E-state index contributed by atoms with van der Waals surface area (Å²) in [7, 11) is 0. The van der Waals surface area contributed by atoms with Gasteiger partial charge in [-0.1, -0.05) is 50.6 Å². The van der Waals surface area contributed by atoms with Gasteiger partial charge in [-0.25, -0.2) is 4.39 Å². The number of aliphatic carboxylic acids is 1. The molecule has 0 aliphatic heterocycles. The summed E-state index contributed by atoms with van der Waals surface area (Å²) >= 11 is 6.22. The second-order valence-electron chi connectivity index (χ2n) is 8.53. The third kappa shape index (κ3) is 6.53. The zero-order chi connectivity index (χ0) is 24.0. The van der Waals surface area contributed by atoms with E-state index in [1.54, 1.807) is 6.07 Å². The average Bonchev–Trinajstić information content (AvgIpc) is 2.68. The highest BCUT2D eigenvalue weighted by molar-refractivity contribution is 6.31. The number of hydrogen-bond donors (Lipinski definition) is 3. The molecule has 0 heterocycles. The zero-order valence-electron chi connectivity index (χ0n) is 19.3. The molecule has 7 heteroatoms. The molecule has 0 spiro atoms. The fourth-order valence-electron chi connectivity index (χ4n) is 3.96. The second-order valence-corrected chi connectivity index (χ2v) is 8.93. The number of aryl methyl sites for hydroxylation is 2. The summed E-state index contributed by atoms with van der Waals surface area (Å²) in [6, 6.07) is 7.39. The lowest BCUT2D eigenvalue weighted by atomic mass is 9.92. The number of carboxylic acids is 1. The number of amides is 1. The minimum absolute atomic E-state index is 0.0608. The second kappa shape index (κ2) is 11.4. The highest BCUT2D eigenvalue weighted by Gasteiger charge is 2.27. The number of carbonyl (C=O) groups is 2. The van der Waals surface area contributed by atoms with E-state index in [9.17, 15) is 14.7 Å². The number of nitrogens with one attached hydrogen (secondary N) is 2. The van der Waals surface area contributed by atoms with Gasteiger partial charge in [0.15, 0.2) is 0 Å². The molecule has 1 amide bonds. The molecule has 32 heavy (non-hydrogen) atoms. The SMILES string of the molecule is CCNC(CC(C)C)C(=O)N[C@@H](CC(=O)O)c1cc(-c2c(C)cccc2C)cc(Cl)c1F. The van der Waals surface area contributed by atoms with Gasteiger partial charge in [-0.3, -0.25) is 9.59 Å². The van der Waals surface area contributed by atoms with Crippen molar-refractivity contribution in [3.63, 3.8) is 0 Å². The molecule has 0 aromatic heterocycles. The number of rotatable bonds is 10. The van der Waals surface area contributed by atoms with E-state index in [1.807, 2.05) is 52.8 Å². The molecule has 5 nitrogen and oxygen atoms in total. The minimum Gasteiger partial charge on any atom is -0.481 e. The first-order valence-corrected chi connectivity index (χ1v) is 11.2. The van der Waals surface area contributed by atoms with Crippen molar-refractivity contribution in [2.75, 3.05) is 6.54 Å². The number of likely N-dealkylation sites (N-methyl/N-ethyl adjacent to an activating group) is 1. The van der Waals surface area contributed by atoms with Crippen LogP contribution in [0, 0.1) is 25.6 Å². The van der Waals surface area contributed by atoms with Crippen molar-refractivity contribution in [3.05, 3.63) is 57.9 Å². The fraction of sp³-hybridized carbons (Fsp3) is 0.440. The van der Waals surface area contributed by atoms with Crippen LogP contribution in [0.3, 0.4) is 0 Å². The fourth-order valence-corrected chi connectivity index (χ4v) is 4.19. The molecule has 2 atom stereocenters. The molecule has 174 valence electrons. The number of carboxylic acid groups (broad SMARTS) is 1. The van der Waals surface area contributed by atoms with E-state index in [-0.39, 0.29) is 22.4 Å². The molecule has 3 N–H and O–H groups in total. The first-order valence-electron chi connectivity index (χ1n) is 10.9. The van der Waals surface area contributed by atoms with Crippen molar-refractivity contribution in [1.29, 1.82) is 0 Å². The van der Waals surface area contributed by atoms with Gasteiger partial charge in [-0.05, 0) is 67.1 Å². The van der Waals surface area contributed by atoms with Gasteiger partial charge in [-0.2, -0.15) is 0 Å². The van der Waals surface area contributed by atoms with E-state index in [0.717, 1.165) is 16.7 Å². The molecule has 2 rings (SSSR count).